The SMILES string of the molecule is CC(=O)c1ccc(NC(=O)C2CCc3nc(C)[nH]c3C2)cc1. The largest absolute Gasteiger partial charge is 0.346 e. The number of ketones is 1. The minimum atomic E-state index is -0.0418. The van der Waals surface area contributed by atoms with Gasteiger partial charge in [-0.3, -0.25) is 9.59 Å². The molecular weight excluding hydrogens is 278 g/mol. The van der Waals surface area contributed by atoms with Gasteiger partial charge >= 0.3 is 0 Å². The maximum Gasteiger partial charge on any atom is 0.227 e. The molecule has 0 saturated heterocycles. The maximum atomic E-state index is 12.4. The van der Waals surface area contributed by atoms with Crippen LogP contribution < -0.4 is 5.32 Å². The molecule has 0 bridgehead atoms. The molecule has 1 amide bonds. The number of carbonyl (C=O) groups excluding carboxylic acids is 2. The van der Waals surface area contributed by atoms with E-state index in [2.05, 4.69) is 15.3 Å². The summed E-state index contributed by atoms with van der Waals surface area (Å²) in [6.07, 6.45) is 2.35. The van der Waals surface area contributed by atoms with Crippen LogP contribution in [0.1, 0.15) is 40.9 Å². The van der Waals surface area contributed by atoms with Crippen LogP contribution in [0.25, 0.3) is 0 Å². The molecule has 114 valence electrons. The van der Waals surface area contributed by atoms with Crippen molar-refractivity contribution in [3.05, 3.63) is 47.0 Å². The number of carbonyl (C=O) groups is 2. The lowest BCUT2D eigenvalue weighted by Crippen LogP contribution is -2.28. The number of fused-ring (bicyclic) bond motifs is 1. The lowest BCUT2D eigenvalue weighted by molar-refractivity contribution is -0.120. The average molecular weight is 297 g/mol. The van der Waals surface area contributed by atoms with Crippen LogP contribution in [0, 0.1) is 12.8 Å². The van der Waals surface area contributed by atoms with Crippen molar-refractivity contribution in [3.8, 4) is 0 Å². The molecule has 1 aliphatic rings. The Morgan fingerprint density at radius 3 is 2.68 bits per heavy atom. The molecule has 5 nitrogen and oxygen atoms in total. The number of aromatic nitrogens is 2. The first-order valence-corrected chi connectivity index (χ1v) is 7.49. The van der Waals surface area contributed by atoms with Crippen LogP contribution in [0.5, 0.6) is 0 Å². The predicted octanol–water partition coefficient (Wildman–Crippen LogP) is 2.66. The van der Waals surface area contributed by atoms with Crippen molar-refractivity contribution < 1.29 is 9.59 Å². The number of H-pyrrole nitrogens is 1. The third kappa shape index (κ3) is 2.93. The lowest BCUT2D eigenvalue weighted by Gasteiger charge is -2.20. The molecule has 2 N–H and O–H groups in total. The highest BCUT2D eigenvalue weighted by molar-refractivity contribution is 5.96. The van der Waals surface area contributed by atoms with Gasteiger partial charge in [-0.25, -0.2) is 4.98 Å². The molecule has 1 unspecified atom stereocenters. The van der Waals surface area contributed by atoms with Crippen molar-refractivity contribution in [2.75, 3.05) is 5.32 Å². The normalized spacial score (nSPS) is 16.9. The van der Waals surface area contributed by atoms with Crippen molar-refractivity contribution in [2.45, 2.75) is 33.1 Å². The van der Waals surface area contributed by atoms with E-state index in [0.29, 0.717) is 12.0 Å². The molecule has 0 saturated carbocycles. The summed E-state index contributed by atoms with van der Waals surface area (Å²) >= 11 is 0. The number of nitrogens with one attached hydrogen (secondary N) is 2. The van der Waals surface area contributed by atoms with Gasteiger partial charge in [-0.1, -0.05) is 0 Å². The first-order valence-electron chi connectivity index (χ1n) is 7.49. The Hall–Kier alpha value is -2.43. The first-order chi connectivity index (χ1) is 10.5. The Kier molecular flexibility index (Phi) is 3.79. The number of anilines is 1. The van der Waals surface area contributed by atoms with E-state index in [1.54, 1.807) is 24.3 Å². The van der Waals surface area contributed by atoms with Gasteiger partial charge < -0.3 is 10.3 Å². The number of hydrogen-bond donors (Lipinski definition) is 2. The van der Waals surface area contributed by atoms with Crippen LogP contribution in [0.3, 0.4) is 0 Å². The van der Waals surface area contributed by atoms with Crippen molar-refractivity contribution in [1.82, 2.24) is 9.97 Å². The van der Waals surface area contributed by atoms with Gasteiger partial charge in [-0.2, -0.15) is 0 Å². The molecule has 1 aromatic heterocycles. The number of nitrogens with zero attached hydrogens (tertiary/aromatic N) is 1. The third-order valence-corrected chi connectivity index (χ3v) is 4.09. The molecule has 1 aromatic carbocycles. The molecule has 0 aliphatic heterocycles. The molecule has 2 aromatic rings. The summed E-state index contributed by atoms with van der Waals surface area (Å²) in [6, 6.07) is 7.00. The molecule has 1 heterocycles. The second-order valence-electron chi connectivity index (χ2n) is 5.81. The highest BCUT2D eigenvalue weighted by Gasteiger charge is 2.26. The molecule has 1 aliphatic carbocycles. The summed E-state index contributed by atoms with van der Waals surface area (Å²) in [6.45, 7) is 3.46. The van der Waals surface area contributed by atoms with E-state index in [0.717, 1.165) is 35.7 Å². The molecular formula is C17H19N3O2. The topological polar surface area (TPSA) is 74.8 Å². The molecule has 5 heteroatoms. The molecule has 1 atom stereocenters. The Balaban J connectivity index is 1.66. The van der Waals surface area contributed by atoms with Gasteiger partial charge in [0.05, 0.1) is 5.69 Å². The Morgan fingerprint density at radius 1 is 1.27 bits per heavy atom. The zero-order chi connectivity index (χ0) is 15.7. The number of imidazole rings is 1. The lowest BCUT2D eigenvalue weighted by atomic mass is 9.89. The third-order valence-electron chi connectivity index (χ3n) is 4.09. The van der Waals surface area contributed by atoms with E-state index in [1.165, 1.54) is 6.92 Å². The minimum Gasteiger partial charge on any atom is -0.346 e. The second-order valence-corrected chi connectivity index (χ2v) is 5.81. The Morgan fingerprint density at radius 2 is 2.00 bits per heavy atom. The quantitative estimate of drug-likeness (QED) is 0.855. The summed E-state index contributed by atoms with van der Waals surface area (Å²) in [5, 5.41) is 2.93. The zero-order valence-electron chi connectivity index (χ0n) is 12.8. The fourth-order valence-electron chi connectivity index (χ4n) is 2.88. The number of aryl methyl sites for hydroxylation is 2. The summed E-state index contributed by atoms with van der Waals surface area (Å²) in [5.41, 5.74) is 3.54. The molecule has 22 heavy (non-hydrogen) atoms. The van der Waals surface area contributed by atoms with E-state index < -0.39 is 0 Å². The fourth-order valence-corrected chi connectivity index (χ4v) is 2.88. The van der Waals surface area contributed by atoms with Crippen LogP contribution >= 0.6 is 0 Å². The highest BCUT2D eigenvalue weighted by Crippen LogP contribution is 2.25. The minimum absolute atomic E-state index is 0.0206. The van der Waals surface area contributed by atoms with Crippen LogP contribution in [-0.2, 0) is 17.6 Å². The van der Waals surface area contributed by atoms with Gasteiger partial charge in [-0.05, 0) is 51.0 Å². The summed E-state index contributed by atoms with van der Waals surface area (Å²) in [4.78, 5) is 31.3. The number of amides is 1. The monoisotopic (exact) mass is 297 g/mol. The Labute approximate surface area is 129 Å². The van der Waals surface area contributed by atoms with Gasteiger partial charge in [0, 0.05) is 29.3 Å². The standard InChI is InChI=1S/C17H19N3O2/c1-10(21)12-3-6-14(7-4-12)20-17(22)13-5-8-15-16(9-13)19-11(2)18-15/h3-4,6-7,13H,5,8-9H2,1-2H3,(H,18,19)(H,20,22). The fraction of sp³-hybridized carbons (Fsp3) is 0.353. The molecule has 0 fully saturated rings. The van der Waals surface area contributed by atoms with Gasteiger partial charge in [0.2, 0.25) is 5.91 Å². The van der Waals surface area contributed by atoms with Gasteiger partial charge in [0.25, 0.3) is 0 Å². The predicted molar refractivity (Wildman–Crippen MR) is 83.9 cm³/mol. The van der Waals surface area contributed by atoms with Crippen LogP contribution in [0.4, 0.5) is 5.69 Å². The number of Topliss-reactive ketones (excluding diaryl/α,β-unsaturated/α-hetero) is 1. The van der Waals surface area contributed by atoms with Gasteiger partial charge in [-0.15, -0.1) is 0 Å². The summed E-state index contributed by atoms with van der Waals surface area (Å²) < 4.78 is 0. The van der Waals surface area contributed by atoms with E-state index in [1.807, 2.05) is 6.92 Å². The number of aromatic amines is 1. The van der Waals surface area contributed by atoms with Crippen molar-refractivity contribution in [2.24, 2.45) is 5.92 Å². The molecule has 3 rings (SSSR count). The number of hydrogen-bond acceptors (Lipinski definition) is 3. The van der Waals surface area contributed by atoms with Crippen LogP contribution in [-0.4, -0.2) is 21.7 Å². The smallest absolute Gasteiger partial charge is 0.227 e. The van der Waals surface area contributed by atoms with Crippen LogP contribution in [0.15, 0.2) is 24.3 Å². The second kappa shape index (κ2) is 5.75. The zero-order valence-corrected chi connectivity index (χ0v) is 12.8. The van der Waals surface area contributed by atoms with Crippen LogP contribution in [0.2, 0.25) is 0 Å². The highest BCUT2D eigenvalue weighted by atomic mass is 16.2. The van der Waals surface area contributed by atoms with Gasteiger partial charge in [0.1, 0.15) is 5.82 Å². The average Bonchev–Trinajstić information content (AvgIpc) is 2.86. The summed E-state index contributed by atoms with van der Waals surface area (Å²) in [7, 11) is 0. The maximum absolute atomic E-state index is 12.4. The van der Waals surface area contributed by atoms with Crippen molar-refractivity contribution >= 4 is 17.4 Å². The first kappa shape index (κ1) is 14.5. The van der Waals surface area contributed by atoms with Crippen molar-refractivity contribution in [3.63, 3.8) is 0 Å². The van der Waals surface area contributed by atoms with E-state index in [4.69, 9.17) is 0 Å². The molecule has 0 spiro atoms. The van der Waals surface area contributed by atoms with E-state index in [9.17, 15) is 9.59 Å². The Bertz CT molecular complexity index is 716. The van der Waals surface area contributed by atoms with Crippen molar-refractivity contribution in [1.29, 1.82) is 0 Å². The van der Waals surface area contributed by atoms with E-state index in [-0.39, 0.29) is 17.6 Å². The number of rotatable bonds is 3. The van der Waals surface area contributed by atoms with E-state index >= 15 is 0 Å². The summed E-state index contributed by atoms with van der Waals surface area (Å²) in [5.74, 6) is 0.909. The van der Waals surface area contributed by atoms with Gasteiger partial charge in [0.15, 0.2) is 5.78 Å². The molecule has 0 radical (unpaired) electrons. The number of benzene rings is 1.